The zero-order chi connectivity index (χ0) is 17.6. The summed E-state index contributed by atoms with van der Waals surface area (Å²) in [6.45, 7) is 0.520. The third-order valence-electron chi connectivity index (χ3n) is 3.29. The Kier molecular flexibility index (Phi) is 6.30. The summed E-state index contributed by atoms with van der Waals surface area (Å²) in [5.41, 5.74) is 1.11. The van der Waals surface area contributed by atoms with Crippen molar-refractivity contribution in [2.24, 2.45) is 0 Å². The lowest BCUT2D eigenvalue weighted by Crippen LogP contribution is -2.37. The molecule has 0 saturated heterocycles. The van der Waals surface area contributed by atoms with Gasteiger partial charge in [-0.05, 0) is 36.4 Å². The van der Waals surface area contributed by atoms with E-state index in [0.29, 0.717) is 16.3 Å². The molecule has 0 bridgehead atoms. The van der Waals surface area contributed by atoms with Gasteiger partial charge in [0.15, 0.2) is 0 Å². The molecule has 1 N–H and O–H groups in total. The molecule has 0 unspecified atom stereocenters. The van der Waals surface area contributed by atoms with Gasteiger partial charge in [0.25, 0.3) is 5.91 Å². The zero-order valence-corrected chi connectivity index (χ0v) is 14.7. The van der Waals surface area contributed by atoms with Gasteiger partial charge in [0.05, 0.1) is 18.5 Å². The SMILES string of the molecule is CS(=O)(=O)N(CCNC(=O)c1ccc(Cl)cc1)Cc1ccccn1. The van der Waals surface area contributed by atoms with Crippen molar-refractivity contribution in [2.75, 3.05) is 19.3 Å². The van der Waals surface area contributed by atoms with Gasteiger partial charge in [-0.1, -0.05) is 17.7 Å². The Labute approximate surface area is 146 Å². The fourth-order valence-corrected chi connectivity index (χ4v) is 2.95. The van der Waals surface area contributed by atoms with Crippen molar-refractivity contribution in [3.05, 3.63) is 64.9 Å². The molecule has 0 fully saturated rings. The Hall–Kier alpha value is -1.96. The molecule has 6 nitrogen and oxygen atoms in total. The van der Waals surface area contributed by atoms with Crippen molar-refractivity contribution in [1.29, 1.82) is 0 Å². The Balaban J connectivity index is 1.93. The molecule has 1 heterocycles. The van der Waals surface area contributed by atoms with Crippen molar-refractivity contribution >= 4 is 27.5 Å². The highest BCUT2D eigenvalue weighted by atomic mass is 35.5. The third-order valence-corrected chi connectivity index (χ3v) is 4.79. The number of hydrogen-bond donors (Lipinski definition) is 1. The van der Waals surface area contributed by atoms with E-state index in [-0.39, 0.29) is 25.5 Å². The number of nitrogens with zero attached hydrogens (tertiary/aromatic N) is 2. The first-order valence-corrected chi connectivity index (χ1v) is 9.47. The van der Waals surface area contributed by atoms with E-state index in [0.717, 1.165) is 6.26 Å². The first kappa shape index (κ1) is 18.4. The van der Waals surface area contributed by atoms with Gasteiger partial charge in [-0.3, -0.25) is 9.78 Å². The maximum Gasteiger partial charge on any atom is 0.251 e. The lowest BCUT2D eigenvalue weighted by atomic mass is 10.2. The van der Waals surface area contributed by atoms with Gasteiger partial charge in [0.2, 0.25) is 10.0 Å². The molecule has 24 heavy (non-hydrogen) atoms. The van der Waals surface area contributed by atoms with Crippen molar-refractivity contribution in [3.8, 4) is 0 Å². The lowest BCUT2D eigenvalue weighted by molar-refractivity contribution is 0.0951. The van der Waals surface area contributed by atoms with Crippen LogP contribution in [0, 0.1) is 0 Å². The second kappa shape index (κ2) is 8.23. The van der Waals surface area contributed by atoms with Crippen LogP contribution in [-0.4, -0.2) is 43.0 Å². The average Bonchev–Trinajstić information content (AvgIpc) is 2.54. The van der Waals surface area contributed by atoms with Gasteiger partial charge >= 0.3 is 0 Å². The molecule has 128 valence electrons. The van der Waals surface area contributed by atoms with E-state index in [1.807, 2.05) is 0 Å². The van der Waals surface area contributed by atoms with Crippen LogP contribution in [-0.2, 0) is 16.6 Å². The average molecular weight is 368 g/mol. The number of halogens is 1. The van der Waals surface area contributed by atoms with E-state index < -0.39 is 10.0 Å². The number of aromatic nitrogens is 1. The van der Waals surface area contributed by atoms with Crippen LogP contribution in [0.3, 0.4) is 0 Å². The predicted molar refractivity (Wildman–Crippen MR) is 93.3 cm³/mol. The third kappa shape index (κ3) is 5.59. The largest absolute Gasteiger partial charge is 0.351 e. The Morgan fingerprint density at radius 2 is 1.92 bits per heavy atom. The van der Waals surface area contributed by atoms with Gasteiger partial charge in [-0.25, -0.2) is 8.42 Å². The normalized spacial score (nSPS) is 11.5. The fourth-order valence-electron chi connectivity index (χ4n) is 2.03. The zero-order valence-electron chi connectivity index (χ0n) is 13.1. The van der Waals surface area contributed by atoms with Crippen LogP contribution in [0.1, 0.15) is 16.1 Å². The molecular formula is C16H18ClN3O3S. The highest BCUT2D eigenvalue weighted by Gasteiger charge is 2.17. The molecule has 0 aliphatic heterocycles. The van der Waals surface area contributed by atoms with Crippen LogP contribution < -0.4 is 5.32 Å². The number of benzene rings is 1. The van der Waals surface area contributed by atoms with E-state index >= 15 is 0 Å². The maximum absolute atomic E-state index is 12.0. The van der Waals surface area contributed by atoms with Crippen LogP contribution in [0.2, 0.25) is 5.02 Å². The number of hydrogen-bond acceptors (Lipinski definition) is 4. The highest BCUT2D eigenvalue weighted by molar-refractivity contribution is 7.88. The molecule has 0 radical (unpaired) electrons. The summed E-state index contributed by atoms with van der Waals surface area (Å²) in [7, 11) is -3.41. The molecule has 0 spiro atoms. The Bertz CT molecular complexity index is 780. The number of carbonyl (C=O) groups is 1. The molecule has 1 aromatic carbocycles. The minimum atomic E-state index is -3.41. The molecule has 0 atom stereocenters. The minimum Gasteiger partial charge on any atom is -0.351 e. The second-order valence-corrected chi connectivity index (χ2v) is 7.60. The van der Waals surface area contributed by atoms with Crippen LogP contribution in [0.15, 0.2) is 48.7 Å². The standard InChI is InChI=1S/C16H18ClN3O3S/c1-24(22,23)20(12-15-4-2-3-9-18-15)11-10-19-16(21)13-5-7-14(17)8-6-13/h2-9H,10-12H2,1H3,(H,19,21). The van der Waals surface area contributed by atoms with Gasteiger partial charge in [-0.15, -0.1) is 0 Å². The molecule has 2 rings (SSSR count). The summed E-state index contributed by atoms with van der Waals surface area (Å²) in [5.74, 6) is -0.280. The summed E-state index contributed by atoms with van der Waals surface area (Å²) < 4.78 is 25.1. The summed E-state index contributed by atoms with van der Waals surface area (Å²) in [6, 6.07) is 11.8. The molecule has 2 aromatic rings. The first-order valence-electron chi connectivity index (χ1n) is 7.25. The monoisotopic (exact) mass is 367 g/mol. The van der Waals surface area contributed by atoms with E-state index in [1.165, 1.54) is 4.31 Å². The predicted octanol–water partition coefficient (Wildman–Crippen LogP) is 1.93. The van der Waals surface area contributed by atoms with Gasteiger partial charge < -0.3 is 5.32 Å². The van der Waals surface area contributed by atoms with Crippen LogP contribution in [0.25, 0.3) is 0 Å². The molecule has 0 aliphatic carbocycles. The maximum atomic E-state index is 12.0. The van der Waals surface area contributed by atoms with Gasteiger partial charge in [0.1, 0.15) is 0 Å². The van der Waals surface area contributed by atoms with Crippen LogP contribution in [0.5, 0.6) is 0 Å². The summed E-state index contributed by atoms with van der Waals surface area (Å²) in [4.78, 5) is 16.1. The fraction of sp³-hybridized carbons (Fsp3) is 0.250. The van der Waals surface area contributed by atoms with E-state index in [9.17, 15) is 13.2 Å². The van der Waals surface area contributed by atoms with Crippen LogP contribution >= 0.6 is 11.6 Å². The topological polar surface area (TPSA) is 79.4 Å². The molecular weight excluding hydrogens is 350 g/mol. The summed E-state index contributed by atoms with van der Waals surface area (Å²) >= 11 is 5.78. The summed E-state index contributed by atoms with van der Waals surface area (Å²) in [6.07, 6.45) is 2.75. The highest BCUT2D eigenvalue weighted by Crippen LogP contribution is 2.09. The second-order valence-electron chi connectivity index (χ2n) is 5.18. The van der Waals surface area contributed by atoms with Crippen molar-refractivity contribution in [2.45, 2.75) is 6.54 Å². The van der Waals surface area contributed by atoms with E-state index in [4.69, 9.17) is 11.6 Å². The quantitative estimate of drug-likeness (QED) is 0.810. The molecule has 1 aromatic heterocycles. The summed E-state index contributed by atoms with van der Waals surface area (Å²) in [5, 5.41) is 3.24. The van der Waals surface area contributed by atoms with Crippen molar-refractivity contribution in [3.63, 3.8) is 0 Å². The van der Waals surface area contributed by atoms with E-state index in [1.54, 1.807) is 48.7 Å². The number of amides is 1. The lowest BCUT2D eigenvalue weighted by Gasteiger charge is -2.19. The first-order chi connectivity index (χ1) is 11.4. The number of nitrogens with one attached hydrogen (secondary N) is 1. The molecule has 1 amide bonds. The van der Waals surface area contributed by atoms with Gasteiger partial charge in [0, 0.05) is 29.9 Å². The molecule has 8 heteroatoms. The number of pyridine rings is 1. The Morgan fingerprint density at radius 3 is 2.50 bits per heavy atom. The smallest absolute Gasteiger partial charge is 0.251 e. The number of carbonyl (C=O) groups excluding carboxylic acids is 1. The molecule has 0 aliphatic rings. The Morgan fingerprint density at radius 1 is 1.21 bits per heavy atom. The van der Waals surface area contributed by atoms with Gasteiger partial charge in [-0.2, -0.15) is 4.31 Å². The van der Waals surface area contributed by atoms with E-state index in [2.05, 4.69) is 10.3 Å². The minimum absolute atomic E-state index is 0.161. The number of sulfonamides is 1. The molecule has 0 saturated carbocycles. The number of rotatable bonds is 7. The van der Waals surface area contributed by atoms with Crippen LogP contribution in [0.4, 0.5) is 0 Å². The van der Waals surface area contributed by atoms with Crippen molar-refractivity contribution < 1.29 is 13.2 Å². The van der Waals surface area contributed by atoms with Crippen molar-refractivity contribution in [1.82, 2.24) is 14.6 Å².